The SMILES string of the molecule is CCCNC(=NCC(=O)N(C)C)N1CCN(c2ccccn2)CC1. The molecule has 0 aliphatic carbocycles. The molecule has 1 aromatic heterocycles. The molecule has 7 nitrogen and oxygen atoms in total. The molecule has 0 bridgehead atoms. The number of hydrogen-bond donors (Lipinski definition) is 1. The van der Waals surface area contributed by atoms with Gasteiger partial charge in [-0.3, -0.25) is 4.79 Å². The lowest BCUT2D eigenvalue weighted by Gasteiger charge is -2.37. The van der Waals surface area contributed by atoms with Crippen LogP contribution in [-0.4, -0.2) is 80.0 Å². The molecule has 1 aliphatic heterocycles. The summed E-state index contributed by atoms with van der Waals surface area (Å²) in [4.78, 5) is 26.8. The fraction of sp³-hybridized carbons (Fsp3) is 0.588. The predicted molar refractivity (Wildman–Crippen MR) is 97.3 cm³/mol. The van der Waals surface area contributed by atoms with Crippen LogP contribution in [-0.2, 0) is 4.79 Å². The van der Waals surface area contributed by atoms with E-state index in [0.29, 0.717) is 0 Å². The van der Waals surface area contributed by atoms with Gasteiger partial charge in [-0.15, -0.1) is 0 Å². The zero-order chi connectivity index (χ0) is 17.4. The van der Waals surface area contributed by atoms with Crippen molar-refractivity contribution in [1.29, 1.82) is 0 Å². The number of piperazine rings is 1. The number of nitrogens with zero attached hydrogens (tertiary/aromatic N) is 5. The van der Waals surface area contributed by atoms with Crippen LogP contribution in [0.3, 0.4) is 0 Å². The van der Waals surface area contributed by atoms with Gasteiger partial charge in [0.2, 0.25) is 5.91 Å². The van der Waals surface area contributed by atoms with Gasteiger partial charge in [-0.1, -0.05) is 13.0 Å². The van der Waals surface area contributed by atoms with E-state index >= 15 is 0 Å². The van der Waals surface area contributed by atoms with E-state index in [2.05, 4.69) is 32.0 Å². The maximum absolute atomic E-state index is 11.8. The highest BCUT2D eigenvalue weighted by atomic mass is 16.2. The number of pyridine rings is 1. The molecule has 0 radical (unpaired) electrons. The van der Waals surface area contributed by atoms with Gasteiger partial charge < -0.3 is 20.0 Å². The Morgan fingerprint density at radius 2 is 2.04 bits per heavy atom. The average Bonchev–Trinajstić information content (AvgIpc) is 2.62. The number of rotatable bonds is 5. The van der Waals surface area contributed by atoms with E-state index in [0.717, 1.165) is 50.9 Å². The van der Waals surface area contributed by atoms with E-state index in [1.54, 1.807) is 19.0 Å². The van der Waals surface area contributed by atoms with Crippen LogP contribution in [0.2, 0.25) is 0 Å². The molecule has 0 spiro atoms. The maximum atomic E-state index is 11.8. The van der Waals surface area contributed by atoms with Gasteiger partial charge in [0.25, 0.3) is 0 Å². The highest BCUT2D eigenvalue weighted by Crippen LogP contribution is 2.12. The van der Waals surface area contributed by atoms with Crippen LogP contribution in [0.4, 0.5) is 5.82 Å². The van der Waals surface area contributed by atoms with Crippen LogP contribution in [0.5, 0.6) is 0 Å². The maximum Gasteiger partial charge on any atom is 0.243 e. The number of hydrogen-bond acceptors (Lipinski definition) is 4. The van der Waals surface area contributed by atoms with Gasteiger partial charge in [0.15, 0.2) is 5.96 Å². The summed E-state index contributed by atoms with van der Waals surface area (Å²) in [5.74, 6) is 1.85. The summed E-state index contributed by atoms with van der Waals surface area (Å²) in [6.45, 7) is 6.67. The van der Waals surface area contributed by atoms with Crippen LogP contribution in [0.15, 0.2) is 29.4 Å². The topological polar surface area (TPSA) is 64.1 Å². The Bertz CT molecular complexity index is 537. The number of carbonyl (C=O) groups is 1. The Balaban J connectivity index is 1.96. The molecule has 1 N–H and O–H groups in total. The van der Waals surface area contributed by atoms with Gasteiger partial charge >= 0.3 is 0 Å². The summed E-state index contributed by atoms with van der Waals surface area (Å²) >= 11 is 0. The van der Waals surface area contributed by atoms with Gasteiger partial charge in [-0.05, 0) is 18.6 Å². The lowest BCUT2D eigenvalue weighted by Crippen LogP contribution is -2.53. The molecule has 1 saturated heterocycles. The second-order valence-electron chi connectivity index (χ2n) is 6.02. The molecule has 1 amide bonds. The molecule has 132 valence electrons. The van der Waals surface area contributed by atoms with Gasteiger partial charge in [-0.25, -0.2) is 9.98 Å². The monoisotopic (exact) mass is 332 g/mol. The molecule has 1 aliphatic rings. The molecule has 7 heteroatoms. The zero-order valence-electron chi connectivity index (χ0n) is 14.9. The number of carbonyl (C=O) groups excluding carboxylic acids is 1. The fourth-order valence-electron chi connectivity index (χ4n) is 2.48. The first-order valence-electron chi connectivity index (χ1n) is 8.51. The highest BCUT2D eigenvalue weighted by Gasteiger charge is 2.20. The summed E-state index contributed by atoms with van der Waals surface area (Å²) in [6, 6.07) is 5.98. The number of nitrogens with one attached hydrogen (secondary N) is 1. The first-order chi connectivity index (χ1) is 11.6. The van der Waals surface area contributed by atoms with Gasteiger partial charge in [0.05, 0.1) is 0 Å². The van der Waals surface area contributed by atoms with Gasteiger partial charge in [0.1, 0.15) is 12.4 Å². The zero-order valence-corrected chi connectivity index (χ0v) is 14.9. The standard InChI is InChI=1S/C17H28N6O/c1-4-8-19-17(20-14-16(24)21(2)3)23-12-10-22(11-13-23)15-7-5-6-9-18-15/h5-7,9H,4,8,10-14H2,1-3H3,(H,19,20). The summed E-state index contributed by atoms with van der Waals surface area (Å²) in [6.07, 6.45) is 2.85. The van der Waals surface area contributed by atoms with Crippen molar-refractivity contribution in [2.24, 2.45) is 4.99 Å². The molecule has 0 unspecified atom stereocenters. The van der Waals surface area contributed by atoms with Crippen LogP contribution in [0.25, 0.3) is 0 Å². The molecular formula is C17H28N6O. The van der Waals surface area contributed by atoms with E-state index in [1.807, 2.05) is 24.4 Å². The molecule has 0 aromatic carbocycles. The van der Waals surface area contributed by atoms with Crippen molar-refractivity contribution < 1.29 is 4.79 Å². The van der Waals surface area contributed by atoms with Crippen LogP contribution >= 0.6 is 0 Å². The second-order valence-corrected chi connectivity index (χ2v) is 6.02. The highest BCUT2D eigenvalue weighted by molar-refractivity contribution is 5.85. The quantitative estimate of drug-likeness (QED) is 0.633. The molecule has 0 saturated carbocycles. The molecule has 1 aromatic rings. The summed E-state index contributed by atoms with van der Waals surface area (Å²) in [7, 11) is 3.51. The van der Waals surface area contributed by atoms with Crippen LogP contribution < -0.4 is 10.2 Å². The minimum absolute atomic E-state index is 0.0120. The van der Waals surface area contributed by atoms with Crippen LogP contribution in [0, 0.1) is 0 Å². The normalized spacial score (nSPS) is 15.4. The molecule has 2 rings (SSSR count). The average molecular weight is 332 g/mol. The first-order valence-corrected chi connectivity index (χ1v) is 8.51. The minimum Gasteiger partial charge on any atom is -0.356 e. The molecular weight excluding hydrogens is 304 g/mol. The second kappa shape index (κ2) is 9.10. The van der Waals surface area contributed by atoms with Crippen molar-refractivity contribution in [3.05, 3.63) is 24.4 Å². The largest absolute Gasteiger partial charge is 0.356 e. The smallest absolute Gasteiger partial charge is 0.243 e. The number of likely N-dealkylation sites (N-methyl/N-ethyl adjacent to an activating group) is 1. The third kappa shape index (κ3) is 5.11. The number of anilines is 1. The van der Waals surface area contributed by atoms with Crippen molar-refractivity contribution in [3.63, 3.8) is 0 Å². The lowest BCUT2D eigenvalue weighted by atomic mass is 10.3. The Morgan fingerprint density at radius 1 is 1.29 bits per heavy atom. The fourth-order valence-corrected chi connectivity index (χ4v) is 2.48. The lowest BCUT2D eigenvalue weighted by molar-refractivity contribution is -0.127. The summed E-state index contributed by atoms with van der Waals surface area (Å²) in [5, 5.41) is 3.36. The molecule has 2 heterocycles. The third-order valence-electron chi connectivity index (χ3n) is 3.95. The van der Waals surface area contributed by atoms with Crippen molar-refractivity contribution in [2.75, 3.05) is 58.3 Å². The predicted octanol–water partition coefficient (Wildman–Crippen LogP) is 0.647. The molecule has 24 heavy (non-hydrogen) atoms. The van der Waals surface area contributed by atoms with Crippen molar-refractivity contribution in [1.82, 2.24) is 20.1 Å². The summed E-state index contributed by atoms with van der Waals surface area (Å²) < 4.78 is 0. The number of guanidine groups is 1. The van der Waals surface area contributed by atoms with E-state index in [1.165, 1.54) is 0 Å². The molecule has 1 fully saturated rings. The Labute approximate surface area is 144 Å². The van der Waals surface area contributed by atoms with Gasteiger partial charge in [-0.2, -0.15) is 0 Å². The van der Waals surface area contributed by atoms with E-state index in [4.69, 9.17) is 0 Å². The van der Waals surface area contributed by atoms with E-state index in [9.17, 15) is 4.79 Å². The minimum atomic E-state index is 0.0120. The third-order valence-corrected chi connectivity index (χ3v) is 3.95. The number of aromatic nitrogens is 1. The summed E-state index contributed by atoms with van der Waals surface area (Å²) in [5.41, 5.74) is 0. The van der Waals surface area contributed by atoms with Gasteiger partial charge in [0, 0.05) is 53.0 Å². The Kier molecular flexibility index (Phi) is 6.84. The molecule has 0 atom stereocenters. The van der Waals surface area contributed by atoms with Crippen molar-refractivity contribution >= 4 is 17.7 Å². The Morgan fingerprint density at radius 3 is 2.62 bits per heavy atom. The van der Waals surface area contributed by atoms with E-state index < -0.39 is 0 Å². The van der Waals surface area contributed by atoms with E-state index in [-0.39, 0.29) is 12.5 Å². The number of amides is 1. The van der Waals surface area contributed by atoms with Crippen molar-refractivity contribution in [2.45, 2.75) is 13.3 Å². The number of aliphatic imine (C=N–C) groups is 1. The van der Waals surface area contributed by atoms with Crippen molar-refractivity contribution in [3.8, 4) is 0 Å². The Hall–Kier alpha value is -2.31. The first kappa shape index (κ1) is 18.0. The van der Waals surface area contributed by atoms with Crippen LogP contribution in [0.1, 0.15) is 13.3 Å².